The molecule has 0 aliphatic carbocycles. The first-order chi connectivity index (χ1) is 13.8. The molecule has 0 radical (unpaired) electrons. The highest BCUT2D eigenvalue weighted by atomic mass is 16.2. The summed E-state index contributed by atoms with van der Waals surface area (Å²) in [6.07, 6.45) is 3.40. The van der Waals surface area contributed by atoms with E-state index in [1.807, 2.05) is 17.0 Å². The molecule has 5 heteroatoms. The molecule has 0 N–H and O–H groups in total. The SMILES string of the molecule is CC(C)(C)c1ccc(C2CCCN2C(=O)Cn2cnc3ccccc3c2=O)cc1. The predicted octanol–water partition coefficient (Wildman–Crippen LogP) is 4.06. The molecule has 1 atom stereocenters. The number of likely N-dealkylation sites (tertiary alicyclic amines) is 1. The lowest BCUT2D eigenvalue weighted by molar-refractivity contribution is -0.132. The summed E-state index contributed by atoms with van der Waals surface area (Å²) in [5, 5.41) is 0.540. The average Bonchev–Trinajstić information content (AvgIpc) is 3.20. The molecule has 1 aromatic heterocycles. The highest BCUT2D eigenvalue weighted by Gasteiger charge is 2.30. The summed E-state index contributed by atoms with van der Waals surface area (Å²) in [6.45, 7) is 7.34. The smallest absolute Gasteiger partial charge is 0.261 e. The van der Waals surface area contributed by atoms with Gasteiger partial charge in [0.15, 0.2) is 0 Å². The second kappa shape index (κ2) is 7.47. The highest BCUT2D eigenvalue weighted by molar-refractivity contribution is 5.79. The minimum atomic E-state index is -0.172. The van der Waals surface area contributed by atoms with Gasteiger partial charge in [0.25, 0.3) is 5.56 Å². The molecule has 1 aliphatic rings. The van der Waals surface area contributed by atoms with E-state index in [2.05, 4.69) is 50.0 Å². The van der Waals surface area contributed by atoms with Gasteiger partial charge in [-0.05, 0) is 41.5 Å². The first kappa shape index (κ1) is 19.4. The van der Waals surface area contributed by atoms with Crippen LogP contribution in [0.15, 0.2) is 59.7 Å². The Morgan fingerprint density at radius 1 is 1.10 bits per heavy atom. The molecule has 150 valence electrons. The number of aromatic nitrogens is 2. The van der Waals surface area contributed by atoms with Gasteiger partial charge in [0.1, 0.15) is 6.54 Å². The van der Waals surface area contributed by atoms with Crippen LogP contribution in [0.3, 0.4) is 0 Å². The second-order valence-corrected chi connectivity index (χ2v) is 8.81. The van der Waals surface area contributed by atoms with Gasteiger partial charge < -0.3 is 4.90 Å². The van der Waals surface area contributed by atoms with Gasteiger partial charge in [0, 0.05) is 6.54 Å². The number of carbonyl (C=O) groups excluding carboxylic acids is 1. The van der Waals surface area contributed by atoms with E-state index in [0.29, 0.717) is 10.9 Å². The lowest BCUT2D eigenvalue weighted by Crippen LogP contribution is -2.36. The molecule has 0 saturated carbocycles. The molecule has 2 heterocycles. The van der Waals surface area contributed by atoms with Crippen LogP contribution < -0.4 is 5.56 Å². The molecule has 3 aromatic rings. The Morgan fingerprint density at radius 3 is 2.55 bits per heavy atom. The minimum Gasteiger partial charge on any atom is -0.334 e. The third-order valence-corrected chi connectivity index (χ3v) is 5.77. The molecular formula is C24H27N3O2. The van der Waals surface area contributed by atoms with Gasteiger partial charge >= 0.3 is 0 Å². The van der Waals surface area contributed by atoms with E-state index < -0.39 is 0 Å². The van der Waals surface area contributed by atoms with Crippen LogP contribution in [0.2, 0.25) is 0 Å². The van der Waals surface area contributed by atoms with Crippen LogP contribution in [0.5, 0.6) is 0 Å². The van der Waals surface area contributed by atoms with E-state index in [1.54, 1.807) is 12.1 Å². The zero-order chi connectivity index (χ0) is 20.6. The van der Waals surface area contributed by atoms with Crippen LogP contribution in [0.4, 0.5) is 0 Å². The molecule has 1 unspecified atom stereocenters. The maximum atomic E-state index is 13.1. The monoisotopic (exact) mass is 389 g/mol. The Kier molecular flexibility index (Phi) is 4.99. The Bertz CT molecular complexity index is 1090. The summed E-state index contributed by atoms with van der Waals surface area (Å²) in [5.74, 6) is -0.0356. The van der Waals surface area contributed by atoms with Gasteiger partial charge in [-0.25, -0.2) is 4.98 Å². The van der Waals surface area contributed by atoms with Crippen molar-refractivity contribution in [1.29, 1.82) is 0 Å². The molecule has 1 amide bonds. The lowest BCUT2D eigenvalue weighted by Gasteiger charge is -2.26. The first-order valence-electron chi connectivity index (χ1n) is 10.2. The maximum absolute atomic E-state index is 13.1. The van der Waals surface area contributed by atoms with E-state index in [0.717, 1.165) is 24.9 Å². The van der Waals surface area contributed by atoms with Gasteiger partial charge in [-0.3, -0.25) is 14.2 Å². The van der Waals surface area contributed by atoms with Crippen LogP contribution in [0.1, 0.15) is 50.8 Å². The summed E-state index contributed by atoms with van der Waals surface area (Å²) < 4.78 is 1.42. The second-order valence-electron chi connectivity index (χ2n) is 8.81. The Labute approximate surface area is 171 Å². The molecule has 4 rings (SSSR count). The van der Waals surface area contributed by atoms with Crippen LogP contribution >= 0.6 is 0 Å². The van der Waals surface area contributed by atoms with Crippen molar-refractivity contribution in [3.8, 4) is 0 Å². The van der Waals surface area contributed by atoms with Crippen molar-refractivity contribution in [2.24, 2.45) is 0 Å². The molecular weight excluding hydrogens is 362 g/mol. The molecule has 1 saturated heterocycles. The topological polar surface area (TPSA) is 55.2 Å². The van der Waals surface area contributed by atoms with Crippen molar-refractivity contribution in [1.82, 2.24) is 14.5 Å². The van der Waals surface area contributed by atoms with Gasteiger partial charge in [-0.2, -0.15) is 0 Å². The fourth-order valence-corrected chi connectivity index (χ4v) is 4.07. The Balaban J connectivity index is 1.55. The third-order valence-electron chi connectivity index (χ3n) is 5.77. The van der Waals surface area contributed by atoms with Crippen LogP contribution in [0, 0.1) is 0 Å². The van der Waals surface area contributed by atoms with Crippen molar-refractivity contribution in [2.75, 3.05) is 6.54 Å². The number of rotatable bonds is 3. The molecule has 0 bridgehead atoms. The summed E-state index contributed by atoms with van der Waals surface area (Å²) in [4.78, 5) is 32.0. The van der Waals surface area contributed by atoms with Crippen LogP contribution in [0.25, 0.3) is 10.9 Å². The standard InChI is InChI=1S/C24H27N3O2/c1-24(2,3)18-12-10-17(11-13-18)21-9-6-14-27(21)22(28)15-26-16-25-20-8-5-4-7-19(20)23(26)29/h4-5,7-8,10-13,16,21H,6,9,14-15H2,1-3H3. The van der Waals surface area contributed by atoms with E-state index >= 15 is 0 Å². The zero-order valence-corrected chi connectivity index (χ0v) is 17.3. The van der Waals surface area contributed by atoms with Gasteiger partial charge in [0.2, 0.25) is 5.91 Å². The molecule has 1 aliphatic heterocycles. The largest absolute Gasteiger partial charge is 0.334 e. The number of hydrogen-bond acceptors (Lipinski definition) is 3. The Morgan fingerprint density at radius 2 is 1.83 bits per heavy atom. The third kappa shape index (κ3) is 3.82. The van der Waals surface area contributed by atoms with Gasteiger partial charge in [0.05, 0.1) is 23.3 Å². The number of carbonyl (C=O) groups is 1. The molecule has 2 aromatic carbocycles. The van der Waals surface area contributed by atoms with Gasteiger partial charge in [-0.15, -0.1) is 0 Å². The van der Waals surface area contributed by atoms with Crippen LogP contribution in [-0.4, -0.2) is 26.9 Å². The van der Waals surface area contributed by atoms with Crippen molar-refractivity contribution in [2.45, 2.75) is 51.6 Å². The number of amides is 1. The van der Waals surface area contributed by atoms with E-state index in [9.17, 15) is 9.59 Å². The number of hydrogen-bond donors (Lipinski definition) is 0. The predicted molar refractivity (Wildman–Crippen MR) is 115 cm³/mol. The maximum Gasteiger partial charge on any atom is 0.261 e. The summed E-state index contributed by atoms with van der Waals surface area (Å²) >= 11 is 0. The van der Waals surface area contributed by atoms with Crippen molar-refractivity contribution in [3.05, 3.63) is 76.3 Å². The summed E-state index contributed by atoms with van der Waals surface area (Å²) in [6, 6.07) is 15.9. The molecule has 5 nitrogen and oxygen atoms in total. The fraction of sp³-hybridized carbons (Fsp3) is 0.375. The Hall–Kier alpha value is -2.95. The van der Waals surface area contributed by atoms with E-state index in [4.69, 9.17) is 0 Å². The number of benzene rings is 2. The van der Waals surface area contributed by atoms with Crippen LogP contribution in [-0.2, 0) is 16.8 Å². The van der Waals surface area contributed by atoms with Crippen molar-refractivity contribution in [3.63, 3.8) is 0 Å². The summed E-state index contributed by atoms with van der Waals surface area (Å²) in [5.41, 5.74) is 3.03. The zero-order valence-electron chi connectivity index (χ0n) is 17.3. The average molecular weight is 389 g/mol. The minimum absolute atomic E-state index is 0.0211. The molecule has 1 fully saturated rings. The number of nitrogens with zero attached hydrogens (tertiary/aromatic N) is 3. The molecule has 0 spiro atoms. The van der Waals surface area contributed by atoms with Crippen molar-refractivity contribution < 1.29 is 4.79 Å². The number of para-hydroxylation sites is 1. The lowest BCUT2D eigenvalue weighted by atomic mass is 9.86. The fourth-order valence-electron chi connectivity index (χ4n) is 4.07. The normalized spacial score (nSPS) is 17.1. The van der Waals surface area contributed by atoms with Gasteiger partial charge in [-0.1, -0.05) is 57.2 Å². The van der Waals surface area contributed by atoms with Crippen molar-refractivity contribution >= 4 is 16.8 Å². The number of fused-ring (bicyclic) bond motifs is 1. The van der Waals surface area contributed by atoms with E-state index in [1.165, 1.54) is 16.5 Å². The quantitative estimate of drug-likeness (QED) is 0.679. The first-order valence-corrected chi connectivity index (χ1v) is 10.2. The van der Waals surface area contributed by atoms with E-state index in [-0.39, 0.29) is 29.5 Å². The molecule has 29 heavy (non-hydrogen) atoms. The summed E-state index contributed by atoms with van der Waals surface area (Å²) in [7, 11) is 0. The highest BCUT2D eigenvalue weighted by Crippen LogP contribution is 2.33.